The molecule has 0 nitrogen and oxygen atoms in total. The summed E-state index contributed by atoms with van der Waals surface area (Å²) in [5.74, 6) is 0. The second-order valence-electron chi connectivity index (χ2n) is 3.58. The monoisotopic (exact) mass is 201 g/mol. The van der Waals surface area contributed by atoms with Crippen molar-refractivity contribution in [3.8, 4) is 0 Å². The van der Waals surface area contributed by atoms with E-state index in [1.807, 2.05) is 6.92 Å². The molecule has 4 heteroatoms. The predicted molar refractivity (Wildman–Crippen MR) is 54.0 cm³/mol. The Morgan fingerprint density at radius 3 is 2.14 bits per heavy atom. The lowest BCUT2D eigenvalue weighted by Gasteiger charge is -2.22. The molecule has 0 aliphatic carbocycles. The summed E-state index contributed by atoms with van der Waals surface area (Å²) in [6, 6.07) is 3.21. The zero-order chi connectivity index (χ0) is 10.9. The van der Waals surface area contributed by atoms with Crippen LogP contribution < -0.4 is 5.46 Å². The van der Waals surface area contributed by atoms with Crippen molar-refractivity contribution in [1.82, 2.24) is 0 Å². The molecule has 0 radical (unpaired) electrons. The van der Waals surface area contributed by atoms with E-state index in [2.05, 4.69) is 0 Å². The van der Waals surface area contributed by atoms with Crippen molar-refractivity contribution < 1.29 is 12.9 Å². The van der Waals surface area contributed by atoms with Crippen molar-refractivity contribution in [3.05, 3.63) is 28.8 Å². The summed E-state index contributed by atoms with van der Waals surface area (Å²) in [5.41, 5.74) is 1.24. The van der Waals surface area contributed by atoms with E-state index in [0.717, 1.165) is 5.56 Å². The quantitative estimate of drug-likeness (QED) is 0.645. The van der Waals surface area contributed by atoms with E-state index in [4.69, 9.17) is 0 Å². The fourth-order valence-electron chi connectivity index (χ4n) is 1.83. The summed E-state index contributed by atoms with van der Waals surface area (Å²) < 4.78 is 38.1. The van der Waals surface area contributed by atoms with E-state index in [0.29, 0.717) is 17.5 Å². The van der Waals surface area contributed by atoms with Crippen LogP contribution in [0, 0.1) is 13.8 Å². The summed E-state index contributed by atoms with van der Waals surface area (Å²) in [6.45, 7) is 0.215. The van der Waals surface area contributed by atoms with Crippen molar-refractivity contribution >= 4 is 12.4 Å². The Hall–Kier alpha value is -0.925. The average Bonchev–Trinajstić information content (AvgIpc) is 1.99. The second kappa shape index (κ2) is 3.68. The molecule has 0 fully saturated rings. The first-order chi connectivity index (χ1) is 6.36. The molecule has 0 aliphatic rings. The van der Waals surface area contributed by atoms with Gasteiger partial charge in [0, 0.05) is 0 Å². The third-order valence-corrected chi connectivity index (χ3v) is 2.33. The van der Waals surface area contributed by atoms with Crippen LogP contribution in [-0.4, -0.2) is 6.98 Å². The first-order valence-electron chi connectivity index (χ1n) is 4.66. The van der Waals surface area contributed by atoms with E-state index in [1.54, 1.807) is 19.1 Å². The molecule has 0 saturated heterocycles. The molecule has 0 atom stereocenters. The van der Waals surface area contributed by atoms with Gasteiger partial charge < -0.3 is 12.9 Å². The van der Waals surface area contributed by atoms with E-state index in [-0.39, 0.29) is 0 Å². The molecular formula is C10H13BF3-. The summed E-state index contributed by atoms with van der Waals surface area (Å²) in [7, 11) is 0. The molecule has 78 valence electrons. The molecule has 0 aromatic heterocycles. The van der Waals surface area contributed by atoms with Gasteiger partial charge in [-0.2, -0.15) is 0 Å². The SMILES string of the molecule is CCc1cc(C)cc(C)c1[B-](F)(F)F. The van der Waals surface area contributed by atoms with Gasteiger partial charge in [0.25, 0.3) is 0 Å². The van der Waals surface area contributed by atoms with Crippen molar-refractivity contribution in [2.75, 3.05) is 0 Å². The third kappa shape index (κ3) is 2.11. The van der Waals surface area contributed by atoms with Crippen molar-refractivity contribution in [2.24, 2.45) is 0 Å². The number of benzene rings is 1. The smallest absolute Gasteiger partial charge is 0.445 e. The third-order valence-electron chi connectivity index (χ3n) is 2.33. The molecule has 14 heavy (non-hydrogen) atoms. The minimum absolute atomic E-state index is 0.342. The maximum atomic E-state index is 12.7. The summed E-state index contributed by atoms with van der Waals surface area (Å²) in [4.78, 5) is 0. The van der Waals surface area contributed by atoms with Crippen LogP contribution in [0.1, 0.15) is 23.6 Å². The molecule has 0 bridgehead atoms. The molecule has 0 amide bonds. The predicted octanol–water partition coefficient (Wildman–Crippen LogP) is 2.92. The highest BCUT2D eigenvalue weighted by atomic mass is 19.4. The Bertz CT molecular complexity index is 342. The second-order valence-corrected chi connectivity index (χ2v) is 3.58. The molecule has 0 unspecified atom stereocenters. The molecule has 1 rings (SSSR count). The van der Waals surface area contributed by atoms with Gasteiger partial charge in [-0.3, -0.25) is 0 Å². The minimum Gasteiger partial charge on any atom is -0.445 e. The lowest BCUT2D eigenvalue weighted by Crippen LogP contribution is -2.39. The van der Waals surface area contributed by atoms with Crippen molar-refractivity contribution in [3.63, 3.8) is 0 Å². The van der Waals surface area contributed by atoms with Gasteiger partial charge in [-0.15, -0.1) is 5.46 Å². The van der Waals surface area contributed by atoms with Gasteiger partial charge >= 0.3 is 6.98 Å². The van der Waals surface area contributed by atoms with E-state index in [9.17, 15) is 12.9 Å². The molecule has 0 heterocycles. The van der Waals surface area contributed by atoms with Gasteiger partial charge in [0.15, 0.2) is 0 Å². The van der Waals surface area contributed by atoms with Gasteiger partial charge in [-0.05, 0) is 20.3 Å². The van der Waals surface area contributed by atoms with Crippen LogP contribution in [0.5, 0.6) is 0 Å². The Labute approximate surface area is 82.2 Å². The molecule has 0 aliphatic heterocycles. The molecule has 1 aromatic carbocycles. The topological polar surface area (TPSA) is 0 Å². The molecule has 1 aromatic rings. The minimum atomic E-state index is -4.88. The molecule has 0 saturated carbocycles. The molecule has 0 spiro atoms. The van der Waals surface area contributed by atoms with Crippen LogP contribution in [-0.2, 0) is 6.42 Å². The van der Waals surface area contributed by atoms with E-state index >= 15 is 0 Å². The standard InChI is InChI=1S/C10H13BF3/c1-4-9-6-7(2)5-8(3)10(9)11(12,13)14/h5-6H,4H2,1-3H3/q-1. The van der Waals surface area contributed by atoms with Crippen molar-refractivity contribution in [2.45, 2.75) is 27.2 Å². The maximum absolute atomic E-state index is 12.7. The largest absolute Gasteiger partial charge is 0.510 e. The van der Waals surface area contributed by atoms with Crippen molar-refractivity contribution in [1.29, 1.82) is 0 Å². The Kier molecular flexibility index (Phi) is 2.93. The number of aryl methyl sites for hydroxylation is 3. The Morgan fingerprint density at radius 2 is 1.71 bits per heavy atom. The zero-order valence-electron chi connectivity index (χ0n) is 8.57. The van der Waals surface area contributed by atoms with Crippen LogP contribution in [0.4, 0.5) is 12.9 Å². The fraction of sp³-hybridized carbons (Fsp3) is 0.400. The normalized spacial score (nSPS) is 11.9. The first-order valence-corrected chi connectivity index (χ1v) is 4.66. The highest BCUT2D eigenvalue weighted by molar-refractivity contribution is 6.74. The van der Waals surface area contributed by atoms with Crippen LogP contribution in [0.25, 0.3) is 0 Å². The average molecular weight is 201 g/mol. The van der Waals surface area contributed by atoms with E-state index in [1.165, 1.54) is 6.92 Å². The van der Waals surface area contributed by atoms with Gasteiger partial charge in [0.1, 0.15) is 0 Å². The van der Waals surface area contributed by atoms with Crippen LogP contribution >= 0.6 is 0 Å². The van der Waals surface area contributed by atoms with Gasteiger partial charge in [0.05, 0.1) is 0 Å². The Balaban J connectivity index is 3.40. The summed E-state index contributed by atoms with van der Waals surface area (Å²) >= 11 is 0. The lowest BCUT2D eigenvalue weighted by molar-refractivity contribution is 0.500. The number of hydrogen-bond donors (Lipinski definition) is 0. The van der Waals surface area contributed by atoms with Gasteiger partial charge in [0.2, 0.25) is 0 Å². The van der Waals surface area contributed by atoms with Crippen LogP contribution in [0.2, 0.25) is 0 Å². The maximum Gasteiger partial charge on any atom is 0.510 e. The fourth-order valence-corrected chi connectivity index (χ4v) is 1.83. The number of rotatable bonds is 2. The summed E-state index contributed by atoms with van der Waals surface area (Å²) in [6.07, 6.45) is 0.430. The Morgan fingerprint density at radius 1 is 1.14 bits per heavy atom. The van der Waals surface area contributed by atoms with Gasteiger partial charge in [-0.1, -0.05) is 35.7 Å². The zero-order valence-corrected chi connectivity index (χ0v) is 8.57. The lowest BCUT2D eigenvalue weighted by atomic mass is 9.73. The van der Waals surface area contributed by atoms with E-state index < -0.39 is 12.4 Å². The first kappa shape index (κ1) is 11.2. The number of halogens is 3. The highest BCUT2D eigenvalue weighted by Crippen LogP contribution is 2.17. The number of hydrogen-bond acceptors (Lipinski definition) is 0. The molecular weight excluding hydrogens is 188 g/mol. The molecule has 0 N–H and O–H groups in total. The van der Waals surface area contributed by atoms with Gasteiger partial charge in [-0.25, -0.2) is 0 Å². The summed E-state index contributed by atoms with van der Waals surface area (Å²) in [5, 5.41) is 0. The van der Waals surface area contributed by atoms with Crippen LogP contribution in [0.3, 0.4) is 0 Å². The highest BCUT2D eigenvalue weighted by Gasteiger charge is 2.29. The van der Waals surface area contributed by atoms with Crippen LogP contribution in [0.15, 0.2) is 12.1 Å².